The zero-order valence-corrected chi connectivity index (χ0v) is 16.3. The lowest BCUT2D eigenvalue weighted by Gasteiger charge is -2.35. The number of nitrogens with zero attached hydrogens (tertiary/aromatic N) is 4. The Morgan fingerprint density at radius 2 is 2.03 bits per heavy atom. The summed E-state index contributed by atoms with van der Waals surface area (Å²) in [7, 11) is 1.69. The lowest BCUT2D eigenvalue weighted by Crippen LogP contribution is -2.36. The van der Waals surface area contributed by atoms with Gasteiger partial charge in [-0.25, -0.2) is 0 Å². The number of aromatic nitrogens is 2. The van der Waals surface area contributed by atoms with Crippen LogP contribution in [0.4, 0.5) is 5.69 Å². The standard InChI is InChI=1S/C21H24N4O4/c1-23-17-7-13(3-4-19(17)29-12-20(23)27)21(28)24-10-14-8-16(25-6-2-5-22-25)18(26)9-15(14)11-24/h2-7,14-16,18,26H,8-12H2,1H3/t14-,15+,16-,18-/m1/s1. The molecule has 0 spiro atoms. The lowest BCUT2D eigenvalue weighted by molar-refractivity contribution is -0.120. The van der Waals surface area contributed by atoms with Gasteiger partial charge in [-0.05, 0) is 48.9 Å². The summed E-state index contributed by atoms with van der Waals surface area (Å²) >= 11 is 0. The molecule has 3 heterocycles. The number of anilines is 1. The number of aliphatic hydroxyl groups excluding tert-OH is 1. The van der Waals surface area contributed by atoms with Gasteiger partial charge < -0.3 is 19.6 Å². The maximum Gasteiger partial charge on any atom is 0.264 e. The van der Waals surface area contributed by atoms with E-state index in [1.54, 1.807) is 31.4 Å². The van der Waals surface area contributed by atoms with E-state index in [1.807, 2.05) is 21.8 Å². The van der Waals surface area contributed by atoms with Crippen LogP contribution in [0, 0.1) is 11.8 Å². The molecule has 1 aromatic heterocycles. The molecule has 3 aliphatic rings. The van der Waals surface area contributed by atoms with Crippen molar-refractivity contribution in [1.82, 2.24) is 14.7 Å². The Labute approximate surface area is 168 Å². The Morgan fingerprint density at radius 3 is 2.79 bits per heavy atom. The van der Waals surface area contributed by atoms with Crippen LogP contribution < -0.4 is 9.64 Å². The third kappa shape index (κ3) is 3.07. The van der Waals surface area contributed by atoms with Gasteiger partial charge in [0.05, 0.1) is 17.8 Å². The number of amides is 2. The summed E-state index contributed by atoms with van der Waals surface area (Å²) in [6.45, 7) is 1.34. The van der Waals surface area contributed by atoms with Crippen LogP contribution in [0.2, 0.25) is 0 Å². The summed E-state index contributed by atoms with van der Waals surface area (Å²) in [5.74, 6) is 1.09. The van der Waals surface area contributed by atoms with Crippen molar-refractivity contribution in [3.63, 3.8) is 0 Å². The van der Waals surface area contributed by atoms with Crippen molar-refractivity contribution in [3.8, 4) is 5.75 Å². The molecule has 2 aliphatic heterocycles. The second-order valence-corrected chi connectivity index (χ2v) is 8.25. The third-order valence-electron chi connectivity index (χ3n) is 6.55. The number of likely N-dealkylation sites (N-methyl/N-ethyl adjacent to an activating group) is 1. The van der Waals surface area contributed by atoms with E-state index in [4.69, 9.17) is 4.74 Å². The fourth-order valence-corrected chi connectivity index (χ4v) is 4.92. The minimum Gasteiger partial charge on any atom is -0.482 e. The number of ether oxygens (including phenoxy) is 1. The van der Waals surface area contributed by atoms with Crippen molar-refractivity contribution in [2.75, 3.05) is 31.6 Å². The molecule has 1 aliphatic carbocycles. The van der Waals surface area contributed by atoms with Gasteiger partial charge in [-0.1, -0.05) is 0 Å². The number of carbonyl (C=O) groups is 2. The average Bonchev–Trinajstić information content (AvgIpc) is 3.39. The largest absolute Gasteiger partial charge is 0.482 e. The fraction of sp³-hybridized carbons (Fsp3) is 0.476. The topological polar surface area (TPSA) is 87.9 Å². The van der Waals surface area contributed by atoms with Gasteiger partial charge in [-0.2, -0.15) is 5.10 Å². The van der Waals surface area contributed by atoms with Gasteiger partial charge in [0.25, 0.3) is 11.8 Å². The molecule has 8 nitrogen and oxygen atoms in total. The Bertz CT molecular complexity index is 944. The van der Waals surface area contributed by atoms with E-state index in [-0.39, 0.29) is 24.5 Å². The zero-order valence-electron chi connectivity index (χ0n) is 16.3. The molecule has 1 N–H and O–H groups in total. The Balaban J connectivity index is 1.33. The minimum atomic E-state index is -0.452. The van der Waals surface area contributed by atoms with Crippen molar-refractivity contribution in [2.45, 2.75) is 25.0 Å². The first-order valence-corrected chi connectivity index (χ1v) is 10.0. The van der Waals surface area contributed by atoms with Crippen LogP contribution in [0.15, 0.2) is 36.7 Å². The van der Waals surface area contributed by atoms with Crippen LogP contribution in [0.1, 0.15) is 29.2 Å². The van der Waals surface area contributed by atoms with Gasteiger partial charge in [0.15, 0.2) is 6.61 Å². The average molecular weight is 396 g/mol. The van der Waals surface area contributed by atoms with Crippen LogP contribution in [0.25, 0.3) is 0 Å². The van der Waals surface area contributed by atoms with Crippen molar-refractivity contribution in [1.29, 1.82) is 0 Å². The van der Waals surface area contributed by atoms with Crippen LogP contribution >= 0.6 is 0 Å². The number of carbonyl (C=O) groups excluding carboxylic acids is 2. The molecule has 8 heteroatoms. The molecule has 0 unspecified atom stereocenters. The zero-order chi connectivity index (χ0) is 20.1. The normalized spacial score (nSPS) is 28.7. The van der Waals surface area contributed by atoms with Gasteiger partial charge in [0, 0.05) is 38.1 Å². The summed E-state index contributed by atoms with van der Waals surface area (Å²) in [6, 6.07) is 7.07. The summed E-state index contributed by atoms with van der Waals surface area (Å²) in [6.07, 6.45) is 4.65. The third-order valence-corrected chi connectivity index (χ3v) is 6.55. The quantitative estimate of drug-likeness (QED) is 0.827. The minimum absolute atomic E-state index is 0.0199. The second-order valence-electron chi connectivity index (χ2n) is 8.25. The molecule has 4 atom stereocenters. The molecule has 0 radical (unpaired) electrons. The molecule has 1 saturated carbocycles. The van der Waals surface area contributed by atoms with E-state index in [2.05, 4.69) is 5.10 Å². The smallest absolute Gasteiger partial charge is 0.264 e. The van der Waals surface area contributed by atoms with E-state index in [9.17, 15) is 14.7 Å². The monoisotopic (exact) mass is 396 g/mol. The number of rotatable bonds is 2. The highest BCUT2D eigenvalue weighted by molar-refractivity contribution is 6.01. The first kappa shape index (κ1) is 18.2. The summed E-state index contributed by atoms with van der Waals surface area (Å²) < 4.78 is 7.29. The number of aliphatic hydroxyl groups is 1. The molecule has 1 aromatic carbocycles. The maximum atomic E-state index is 13.2. The van der Waals surface area contributed by atoms with Gasteiger partial charge in [-0.3, -0.25) is 14.3 Å². The SMILES string of the molecule is CN1C(=O)COc2ccc(C(=O)N3C[C@H]4C[C@@H](n5cccn5)[C@H](O)C[C@H]4C3)cc21. The first-order chi connectivity index (χ1) is 14.0. The number of fused-ring (bicyclic) bond motifs is 2. The molecular formula is C21H24N4O4. The van der Waals surface area contributed by atoms with Crippen molar-refractivity contribution in [3.05, 3.63) is 42.2 Å². The lowest BCUT2D eigenvalue weighted by atomic mass is 9.77. The number of hydrogen-bond acceptors (Lipinski definition) is 5. The molecular weight excluding hydrogens is 372 g/mol. The van der Waals surface area contributed by atoms with E-state index < -0.39 is 6.10 Å². The highest BCUT2D eigenvalue weighted by Gasteiger charge is 2.44. The molecule has 2 amide bonds. The molecule has 5 rings (SSSR count). The number of benzene rings is 1. The fourth-order valence-electron chi connectivity index (χ4n) is 4.92. The maximum absolute atomic E-state index is 13.2. The van der Waals surface area contributed by atoms with Crippen molar-refractivity contribution in [2.24, 2.45) is 11.8 Å². The van der Waals surface area contributed by atoms with Crippen LogP contribution in [0.5, 0.6) is 5.75 Å². The van der Waals surface area contributed by atoms with E-state index in [0.717, 1.165) is 6.42 Å². The van der Waals surface area contributed by atoms with Crippen molar-refractivity contribution >= 4 is 17.5 Å². The molecule has 0 bridgehead atoms. The van der Waals surface area contributed by atoms with E-state index in [1.165, 1.54) is 4.90 Å². The van der Waals surface area contributed by atoms with Gasteiger partial charge in [0.2, 0.25) is 0 Å². The summed E-state index contributed by atoms with van der Waals surface area (Å²) in [5, 5.41) is 14.9. The predicted molar refractivity (Wildman–Crippen MR) is 105 cm³/mol. The van der Waals surface area contributed by atoms with Crippen molar-refractivity contribution < 1.29 is 19.4 Å². The van der Waals surface area contributed by atoms with E-state index >= 15 is 0 Å². The van der Waals surface area contributed by atoms with E-state index in [0.29, 0.717) is 48.3 Å². The van der Waals surface area contributed by atoms with Gasteiger partial charge in [0.1, 0.15) is 5.75 Å². The van der Waals surface area contributed by atoms with Crippen LogP contribution in [-0.4, -0.2) is 64.4 Å². The van der Waals surface area contributed by atoms with Gasteiger partial charge in [-0.15, -0.1) is 0 Å². The first-order valence-electron chi connectivity index (χ1n) is 10.0. The number of hydrogen-bond donors (Lipinski definition) is 1. The summed E-state index contributed by atoms with van der Waals surface area (Å²) in [4.78, 5) is 28.5. The molecule has 29 heavy (non-hydrogen) atoms. The highest BCUT2D eigenvalue weighted by atomic mass is 16.5. The highest BCUT2D eigenvalue weighted by Crippen LogP contribution is 2.41. The van der Waals surface area contributed by atoms with Crippen LogP contribution in [-0.2, 0) is 4.79 Å². The molecule has 2 aromatic rings. The number of likely N-dealkylation sites (tertiary alicyclic amines) is 1. The summed E-state index contributed by atoms with van der Waals surface area (Å²) in [5.41, 5.74) is 1.18. The molecule has 1 saturated heterocycles. The Kier molecular flexibility index (Phi) is 4.31. The Morgan fingerprint density at radius 1 is 1.24 bits per heavy atom. The molecule has 152 valence electrons. The predicted octanol–water partition coefficient (Wildman–Crippen LogP) is 1.32. The van der Waals surface area contributed by atoms with Gasteiger partial charge >= 0.3 is 0 Å². The second kappa shape index (κ2) is 6.88. The molecule has 2 fully saturated rings. The Hall–Kier alpha value is -2.87. The van der Waals surface area contributed by atoms with Crippen LogP contribution in [0.3, 0.4) is 0 Å².